The lowest BCUT2D eigenvalue weighted by Crippen LogP contribution is -2.30. The Morgan fingerprint density at radius 1 is 1.18 bits per heavy atom. The summed E-state index contributed by atoms with van der Waals surface area (Å²) in [4.78, 5) is 26.2. The Bertz CT molecular complexity index is 898. The highest BCUT2D eigenvalue weighted by Crippen LogP contribution is 2.38. The van der Waals surface area contributed by atoms with Gasteiger partial charge in [0.2, 0.25) is 0 Å². The largest absolute Gasteiger partial charge is 0.481 e. The molecule has 3 rings (SSSR count). The molecule has 1 amide bonds. The van der Waals surface area contributed by atoms with E-state index in [1.807, 2.05) is 26.0 Å². The van der Waals surface area contributed by atoms with Crippen LogP contribution in [0.4, 0.5) is 5.00 Å². The van der Waals surface area contributed by atoms with Crippen LogP contribution >= 0.6 is 22.9 Å². The van der Waals surface area contributed by atoms with Crippen LogP contribution in [0.3, 0.4) is 0 Å². The summed E-state index contributed by atoms with van der Waals surface area (Å²) in [5.74, 6) is -0.137. The molecule has 150 valence electrons. The fourth-order valence-corrected chi connectivity index (χ4v) is 4.81. The summed E-state index contributed by atoms with van der Waals surface area (Å²) < 4.78 is 10.8. The van der Waals surface area contributed by atoms with Gasteiger partial charge in [0.15, 0.2) is 6.10 Å². The Hall–Kier alpha value is -2.05. The number of hydrogen-bond donors (Lipinski definition) is 1. The van der Waals surface area contributed by atoms with Gasteiger partial charge in [-0.2, -0.15) is 0 Å². The number of rotatable bonds is 5. The van der Waals surface area contributed by atoms with E-state index < -0.39 is 12.1 Å². The minimum absolute atomic E-state index is 0.311. The normalized spacial score (nSPS) is 14.2. The summed E-state index contributed by atoms with van der Waals surface area (Å²) in [7, 11) is 1.36. The molecule has 1 aromatic carbocycles. The molecule has 0 spiro atoms. The van der Waals surface area contributed by atoms with Crippen LogP contribution in [-0.4, -0.2) is 25.1 Å². The lowest BCUT2D eigenvalue weighted by molar-refractivity contribution is -0.122. The molecule has 0 saturated heterocycles. The number of amides is 1. The van der Waals surface area contributed by atoms with Crippen molar-refractivity contribution in [1.29, 1.82) is 0 Å². The van der Waals surface area contributed by atoms with Gasteiger partial charge in [-0.05, 0) is 75.3 Å². The van der Waals surface area contributed by atoms with Crippen LogP contribution < -0.4 is 10.1 Å². The molecule has 0 fully saturated rings. The second-order valence-electron chi connectivity index (χ2n) is 7.03. The zero-order valence-corrected chi connectivity index (χ0v) is 18.1. The van der Waals surface area contributed by atoms with Crippen molar-refractivity contribution in [1.82, 2.24) is 0 Å². The second kappa shape index (κ2) is 8.53. The minimum Gasteiger partial charge on any atom is -0.481 e. The number of halogens is 1. The highest BCUT2D eigenvalue weighted by atomic mass is 35.5. The Labute approximate surface area is 174 Å². The van der Waals surface area contributed by atoms with Gasteiger partial charge in [-0.1, -0.05) is 11.6 Å². The van der Waals surface area contributed by atoms with E-state index in [2.05, 4.69) is 5.32 Å². The third-order valence-corrected chi connectivity index (χ3v) is 6.69. The summed E-state index contributed by atoms with van der Waals surface area (Å²) in [5.41, 5.74) is 3.28. The number of nitrogens with one attached hydrogen (secondary N) is 1. The Morgan fingerprint density at radius 2 is 1.82 bits per heavy atom. The fraction of sp³-hybridized carbons (Fsp3) is 0.429. The van der Waals surface area contributed by atoms with Crippen molar-refractivity contribution in [2.24, 2.45) is 0 Å². The van der Waals surface area contributed by atoms with E-state index in [0.29, 0.717) is 21.3 Å². The second-order valence-corrected chi connectivity index (χ2v) is 8.51. The maximum atomic E-state index is 12.7. The molecule has 0 aliphatic heterocycles. The van der Waals surface area contributed by atoms with Gasteiger partial charge < -0.3 is 14.8 Å². The molecule has 5 nitrogen and oxygen atoms in total. The predicted molar refractivity (Wildman–Crippen MR) is 112 cm³/mol. The number of carbonyl (C=O) groups excluding carboxylic acids is 2. The van der Waals surface area contributed by atoms with Gasteiger partial charge in [0, 0.05) is 9.90 Å². The zero-order valence-electron chi connectivity index (χ0n) is 16.5. The lowest BCUT2D eigenvalue weighted by Gasteiger charge is -2.16. The first-order chi connectivity index (χ1) is 13.3. The SMILES string of the molecule is COC(=O)c1c(NC(=O)[C@@H](C)Oc2cc(C)c(Cl)c(C)c2)sc2c1CCCC2. The van der Waals surface area contributed by atoms with Gasteiger partial charge in [0.1, 0.15) is 10.8 Å². The Morgan fingerprint density at radius 3 is 2.46 bits per heavy atom. The van der Waals surface area contributed by atoms with E-state index in [4.69, 9.17) is 21.1 Å². The molecule has 1 aromatic heterocycles. The average Bonchev–Trinajstić information content (AvgIpc) is 3.03. The van der Waals surface area contributed by atoms with Crippen LogP contribution in [0.25, 0.3) is 0 Å². The number of anilines is 1. The third kappa shape index (κ3) is 4.18. The number of methoxy groups -OCH3 is 1. The zero-order chi connectivity index (χ0) is 20.4. The predicted octanol–water partition coefficient (Wildman–Crippen LogP) is 5.09. The first-order valence-corrected chi connectivity index (χ1v) is 10.5. The number of benzene rings is 1. The number of carbonyl (C=O) groups is 2. The average molecular weight is 422 g/mol. The molecule has 7 heteroatoms. The molecule has 1 aliphatic rings. The van der Waals surface area contributed by atoms with Crippen LogP contribution in [0.5, 0.6) is 5.75 Å². The fourth-order valence-electron chi connectivity index (χ4n) is 3.42. The number of aryl methyl sites for hydroxylation is 3. The molecule has 0 bridgehead atoms. The van der Waals surface area contributed by atoms with Gasteiger partial charge >= 0.3 is 5.97 Å². The van der Waals surface area contributed by atoms with Crippen molar-refractivity contribution in [3.63, 3.8) is 0 Å². The first kappa shape index (κ1) is 20.7. The molecule has 1 N–H and O–H groups in total. The van der Waals surface area contributed by atoms with E-state index in [1.165, 1.54) is 18.4 Å². The topological polar surface area (TPSA) is 64.6 Å². The molecule has 1 heterocycles. The summed E-state index contributed by atoms with van der Waals surface area (Å²) in [6.45, 7) is 5.47. The monoisotopic (exact) mass is 421 g/mol. The number of hydrogen-bond acceptors (Lipinski definition) is 5. The van der Waals surface area contributed by atoms with Crippen molar-refractivity contribution in [3.8, 4) is 5.75 Å². The van der Waals surface area contributed by atoms with E-state index in [-0.39, 0.29) is 5.91 Å². The van der Waals surface area contributed by atoms with Crippen LogP contribution in [0, 0.1) is 13.8 Å². The van der Waals surface area contributed by atoms with Crippen molar-refractivity contribution >= 4 is 39.8 Å². The van der Waals surface area contributed by atoms with E-state index in [9.17, 15) is 9.59 Å². The highest BCUT2D eigenvalue weighted by Gasteiger charge is 2.28. The molecule has 1 aliphatic carbocycles. The van der Waals surface area contributed by atoms with Crippen molar-refractivity contribution in [2.75, 3.05) is 12.4 Å². The summed E-state index contributed by atoms with van der Waals surface area (Å²) in [5, 5.41) is 4.11. The molecule has 0 unspecified atom stereocenters. The van der Waals surface area contributed by atoms with Gasteiger partial charge in [-0.25, -0.2) is 4.79 Å². The van der Waals surface area contributed by atoms with Crippen LogP contribution in [0.1, 0.15) is 51.7 Å². The van der Waals surface area contributed by atoms with Crippen LogP contribution in [0.2, 0.25) is 5.02 Å². The number of ether oxygens (including phenoxy) is 2. The molecular weight excluding hydrogens is 398 g/mol. The highest BCUT2D eigenvalue weighted by molar-refractivity contribution is 7.17. The smallest absolute Gasteiger partial charge is 0.341 e. The molecular formula is C21H24ClNO4S. The maximum absolute atomic E-state index is 12.7. The van der Waals surface area contributed by atoms with Gasteiger partial charge in [0.25, 0.3) is 5.91 Å². The van der Waals surface area contributed by atoms with E-state index in [0.717, 1.165) is 47.3 Å². The Kier molecular flexibility index (Phi) is 6.30. The van der Waals surface area contributed by atoms with E-state index in [1.54, 1.807) is 6.92 Å². The third-order valence-electron chi connectivity index (χ3n) is 4.89. The summed E-state index contributed by atoms with van der Waals surface area (Å²) in [6, 6.07) is 3.62. The van der Waals surface area contributed by atoms with Gasteiger partial charge in [-0.15, -0.1) is 11.3 Å². The van der Waals surface area contributed by atoms with Crippen LogP contribution in [0.15, 0.2) is 12.1 Å². The van der Waals surface area contributed by atoms with Crippen molar-refractivity contribution in [3.05, 3.63) is 44.3 Å². The number of thiophene rings is 1. The quantitative estimate of drug-likeness (QED) is 0.683. The standard InChI is InChI=1S/C21H24ClNO4S/c1-11-9-14(10-12(2)18(11)22)27-13(3)19(24)23-20-17(21(25)26-4)15-7-5-6-8-16(15)28-20/h9-10,13H,5-8H2,1-4H3,(H,23,24)/t13-/m1/s1. The molecule has 28 heavy (non-hydrogen) atoms. The lowest BCUT2D eigenvalue weighted by atomic mass is 9.95. The summed E-state index contributed by atoms with van der Waals surface area (Å²) >= 11 is 7.65. The molecule has 2 aromatic rings. The molecule has 0 radical (unpaired) electrons. The first-order valence-electron chi connectivity index (χ1n) is 9.29. The Balaban J connectivity index is 1.79. The van der Waals surface area contributed by atoms with E-state index >= 15 is 0 Å². The maximum Gasteiger partial charge on any atom is 0.341 e. The summed E-state index contributed by atoms with van der Waals surface area (Å²) in [6.07, 6.45) is 3.16. The number of fused-ring (bicyclic) bond motifs is 1. The molecule has 1 atom stereocenters. The van der Waals surface area contributed by atoms with Gasteiger partial charge in [-0.3, -0.25) is 4.79 Å². The minimum atomic E-state index is -0.732. The number of esters is 1. The molecule has 0 saturated carbocycles. The van der Waals surface area contributed by atoms with Crippen molar-refractivity contribution in [2.45, 2.75) is 52.6 Å². The van der Waals surface area contributed by atoms with Crippen LogP contribution in [-0.2, 0) is 22.4 Å². The van der Waals surface area contributed by atoms with Crippen molar-refractivity contribution < 1.29 is 19.1 Å². The van der Waals surface area contributed by atoms with Gasteiger partial charge in [0.05, 0.1) is 12.7 Å².